The molecule has 0 bridgehead atoms. The molecule has 12 rings (SSSR count). The van der Waals surface area contributed by atoms with Crippen LogP contribution in [-0.2, 0) is 10.8 Å². The molecule has 0 aliphatic rings. The van der Waals surface area contributed by atoms with Crippen LogP contribution >= 0.6 is 0 Å². The van der Waals surface area contributed by atoms with E-state index in [2.05, 4.69) is 234 Å². The van der Waals surface area contributed by atoms with E-state index in [-0.39, 0.29) is 10.8 Å². The average molecular weight is 892 g/mol. The summed E-state index contributed by atoms with van der Waals surface area (Å²) in [5, 5.41) is 6.84. The molecular weight excluding hydrogens is 839 g/mol. The number of hydrogen-bond acceptors (Lipinski definition) is 3. The van der Waals surface area contributed by atoms with E-state index in [1.54, 1.807) is 0 Å². The second kappa shape index (κ2) is 16.3. The van der Waals surface area contributed by atoms with Gasteiger partial charge in [-0.05, 0) is 115 Å². The number of nitrogens with zero attached hydrogens (tertiary/aromatic N) is 1. The lowest BCUT2D eigenvalue weighted by molar-refractivity contribution is 0.569. The Labute approximate surface area is 403 Å². The zero-order valence-corrected chi connectivity index (χ0v) is 40.0. The van der Waals surface area contributed by atoms with E-state index in [0.29, 0.717) is 0 Å². The number of anilines is 3. The van der Waals surface area contributed by atoms with Gasteiger partial charge in [-0.3, -0.25) is 0 Å². The van der Waals surface area contributed by atoms with Crippen LogP contribution in [0.2, 0.25) is 0 Å². The third-order valence-corrected chi connectivity index (χ3v) is 14.0. The number of hydrogen-bond donors (Lipinski definition) is 0. The summed E-state index contributed by atoms with van der Waals surface area (Å²) in [7, 11) is 0. The lowest BCUT2D eigenvalue weighted by atomic mass is 9.78. The van der Waals surface area contributed by atoms with Gasteiger partial charge in [0.15, 0.2) is 0 Å². The molecule has 0 N–H and O–H groups in total. The molecule has 0 spiro atoms. The fourth-order valence-electron chi connectivity index (χ4n) is 10.4. The van der Waals surface area contributed by atoms with Crippen molar-refractivity contribution in [1.82, 2.24) is 0 Å². The maximum Gasteiger partial charge on any atom is 0.135 e. The van der Waals surface area contributed by atoms with E-state index in [1.165, 1.54) is 38.6 Å². The number of benzene rings is 10. The van der Waals surface area contributed by atoms with Gasteiger partial charge in [-0.1, -0.05) is 199 Å². The first-order valence-corrected chi connectivity index (χ1v) is 24.1. The Balaban J connectivity index is 1.13. The van der Waals surface area contributed by atoms with Crippen LogP contribution in [-0.4, -0.2) is 0 Å². The summed E-state index contributed by atoms with van der Waals surface area (Å²) in [6.45, 7) is 13.9. The molecule has 12 aromatic rings. The van der Waals surface area contributed by atoms with E-state index in [1.807, 2.05) is 24.3 Å². The molecule has 334 valence electrons. The van der Waals surface area contributed by atoms with E-state index >= 15 is 0 Å². The van der Waals surface area contributed by atoms with Crippen molar-refractivity contribution < 1.29 is 8.83 Å². The van der Waals surface area contributed by atoms with Gasteiger partial charge in [0.1, 0.15) is 22.3 Å². The van der Waals surface area contributed by atoms with Gasteiger partial charge >= 0.3 is 0 Å². The lowest BCUT2D eigenvalue weighted by Gasteiger charge is -2.32. The fourth-order valence-corrected chi connectivity index (χ4v) is 10.4. The average Bonchev–Trinajstić information content (AvgIpc) is 3.94. The van der Waals surface area contributed by atoms with Crippen LogP contribution < -0.4 is 4.90 Å². The minimum atomic E-state index is -0.0260. The third kappa shape index (κ3) is 7.37. The van der Waals surface area contributed by atoms with Crippen LogP contribution in [0.1, 0.15) is 52.7 Å². The van der Waals surface area contributed by atoms with Crippen LogP contribution in [0.15, 0.2) is 221 Å². The summed E-state index contributed by atoms with van der Waals surface area (Å²) in [4.78, 5) is 2.49. The molecule has 2 heterocycles. The third-order valence-electron chi connectivity index (χ3n) is 14.0. The van der Waals surface area contributed by atoms with E-state index in [0.717, 1.165) is 88.8 Å². The number of para-hydroxylation sites is 5. The van der Waals surface area contributed by atoms with Crippen LogP contribution in [0, 0.1) is 0 Å². The molecule has 0 fully saturated rings. The van der Waals surface area contributed by atoms with E-state index < -0.39 is 0 Å². The monoisotopic (exact) mass is 891 g/mol. The molecule has 3 nitrogen and oxygen atoms in total. The van der Waals surface area contributed by atoms with Crippen LogP contribution in [0.3, 0.4) is 0 Å². The maximum absolute atomic E-state index is 6.35. The lowest BCUT2D eigenvalue weighted by Crippen LogP contribution is -2.16. The van der Waals surface area contributed by atoms with Crippen molar-refractivity contribution in [2.75, 3.05) is 4.90 Å². The standard InChI is InChI=1S/C66H53NO2/c1-65(2,3)46-37-45(38-47(41-46)66(4,5)6)50-26-17-19-42-20-18-27-54(64(42)50)51-23-9-14-30-59(51)67(57-28-12-7-21-48(57)43-33-35-62-55(39-43)52-24-10-15-31-60(52)68-62)58-29-13-8-22-49(58)44-34-36-63-56(40-44)53-25-11-16-32-61(53)69-63/h7-41H,1-6H3. The molecule has 69 heavy (non-hydrogen) atoms. The molecule has 0 aliphatic heterocycles. The highest BCUT2D eigenvalue weighted by Gasteiger charge is 2.26. The Morgan fingerprint density at radius 1 is 0.304 bits per heavy atom. The highest BCUT2D eigenvalue weighted by Crippen LogP contribution is 2.50. The van der Waals surface area contributed by atoms with Crippen molar-refractivity contribution in [2.45, 2.75) is 52.4 Å². The van der Waals surface area contributed by atoms with Crippen molar-refractivity contribution in [3.8, 4) is 44.5 Å². The normalized spacial score (nSPS) is 12.2. The molecule has 2 aromatic heterocycles. The predicted molar refractivity (Wildman–Crippen MR) is 292 cm³/mol. The topological polar surface area (TPSA) is 29.5 Å². The number of rotatable bonds is 7. The van der Waals surface area contributed by atoms with Crippen molar-refractivity contribution in [1.29, 1.82) is 0 Å². The quantitative estimate of drug-likeness (QED) is 0.160. The molecule has 0 radical (unpaired) electrons. The zero-order chi connectivity index (χ0) is 47.0. The maximum atomic E-state index is 6.35. The molecule has 0 atom stereocenters. The van der Waals surface area contributed by atoms with Gasteiger partial charge in [0.25, 0.3) is 0 Å². The van der Waals surface area contributed by atoms with Gasteiger partial charge in [-0.25, -0.2) is 0 Å². The van der Waals surface area contributed by atoms with Crippen molar-refractivity contribution >= 4 is 71.7 Å². The molecule has 10 aromatic carbocycles. The molecule has 0 amide bonds. The van der Waals surface area contributed by atoms with Crippen LogP contribution in [0.25, 0.3) is 99.2 Å². The summed E-state index contributed by atoms with van der Waals surface area (Å²) in [5.41, 5.74) is 18.6. The Morgan fingerprint density at radius 3 is 1.22 bits per heavy atom. The number of furan rings is 2. The van der Waals surface area contributed by atoms with E-state index in [9.17, 15) is 0 Å². The van der Waals surface area contributed by atoms with Crippen molar-refractivity contribution in [2.24, 2.45) is 0 Å². The van der Waals surface area contributed by atoms with Crippen molar-refractivity contribution in [3.05, 3.63) is 223 Å². The fraction of sp³-hybridized carbons (Fsp3) is 0.121. The largest absolute Gasteiger partial charge is 0.456 e. The van der Waals surface area contributed by atoms with Gasteiger partial charge in [0, 0.05) is 38.2 Å². The van der Waals surface area contributed by atoms with E-state index in [4.69, 9.17) is 8.83 Å². The minimum absolute atomic E-state index is 0.0260. The van der Waals surface area contributed by atoms with Gasteiger partial charge < -0.3 is 13.7 Å². The van der Waals surface area contributed by atoms with Gasteiger partial charge in [0.2, 0.25) is 0 Å². The summed E-state index contributed by atoms with van der Waals surface area (Å²) < 4.78 is 12.7. The highest BCUT2D eigenvalue weighted by molar-refractivity contribution is 6.11. The summed E-state index contributed by atoms with van der Waals surface area (Å²) in [6.07, 6.45) is 0. The Morgan fingerprint density at radius 2 is 0.710 bits per heavy atom. The smallest absolute Gasteiger partial charge is 0.135 e. The molecular formula is C66H53NO2. The minimum Gasteiger partial charge on any atom is -0.456 e. The van der Waals surface area contributed by atoms with Gasteiger partial charge in [-0.2, -0.15) is 0 Å². The summed E-state index contributed by atoms with van der Waals surface area (Å²) in [5.74, 6) is 0. The molecule has 3 heteroatoms. The van der Waals surface area contributed by atoms with Crippen molar-refractivity contribution in [3.63, 3.8) is 0 Å². The first-order valence-electron chi connectivity index (χ1n) is 24.1. The second-order valence-electron chi connectivity index (χ2n) is 20.5. The first-order chi connectivity index (χ1) is 33.5. The Bertz CT molecular complexity index is 3750. The highest BCUT2D eigenvalue weighted by atomic mass is 16.3. The molecule has 0 saturated heterocycles. The number of fused-ring (bicyclic) bond motifs is 7. The molecule has 0 aliphatic carbocycles. The SMILES string of the molecule is CC(C)(C)c1cc(-c2cccc3cccc(-c4ccccc4N(c4ccccc4-c4ccc5oc6ccccc6c5c4)c4ccccc4-c4ccc5oc6ccccc6c5c4)c23)cc(C(C)(C)C)c1. The predicted octanol–water partition coefficient (Wildman–Crippen LogP) is 19.4. The molecule has 0 saturated carbocycles. The summed E-state index contributed by atoms with van der Waals surface area (Å²) >= 11 is 0. The Kier molecular flexibility index (Phi) is 9.97. The Hall–Kier alpha value is -8.14. The second-order valence-corrected chi connectivity index (χ2v) is 20.5. The van der Waals surface area contributed by atoms with Crippen LogP contribution in [0.4, 0.5) is 17.1 Å². The first kappa shape index (κ1) is 42.2. The summed E-state index contributed by atoms with van der Waals surface area (Å²) in [6, 6.07) is 77.3. The van der Waals surface area contributed by atoms with Gasteiger partial charge in [0.05, 0.1) is 17.1 Å². The molecule has 0 unspecified atom stereocenters. The van der Waals surface area contributed by atoms with Crippen LogP contribution in [0.5, 0.6) is 0 Å². The zero-order valence-electron chi connectivity index (χ0n) is 40.0. The van der Waals surface area contributed by atoms with Gasteiger partial charge in [-0.15, -0.1) is 0 Å².